The third-order valence-corrected chi connectivity index (χ3v) is 5.18. The SMILES string of the molecule is O=C(NCC1CN(c2cc3c(nn2)CCCC3)C1)N1CCOCC1. The molecule has 7 heteroatoms. The molecule has 2 aliphatic heterocycles. The molecule has 2 saturated heterocycles. The van der Waals surface area contributed by atoms with Crippen LogP contribution in [0.3, 0.4) is 0 Å². The number of amides is 2. The fourth-order valence-corrected chi connectivity index (χ4v) is 3.63. The van der Waals surface area contributed by atoms with Gasteiger partial charge in [-0.25, -0.2) is 4.79 Å². The summed E-state index contributed by atoms with van der Waals surface area (Å²) in [5.41, 5.74) is 2.55. The van der Waals surface area contributed by atoms with Gasteiger partial charge in [-0.15, -0.1) is 5.10 Å². The Morgan fingerprint density at radius 3 is 2.83 bits per heavy atom. The van der Waals surface area contributed by atoms with E-state index in [1.54, 1.807) is 0 Å². The highest BCUT2D eigenvalue weighted by molar-refractivity contribution is 5.74. The monoisotopic (exact) mass is 331 g/mol. The average molecular weight is 331 g/mol. The van der Waals surface area contributed by atoms with Crippen molar-refractivity contribution in [1.82, 2.24) is 20.4 Å². The number of hydrogen-bond acceptors (Lipinski definition) is 5. The molecule has 0 saturated carbocycles. The Labute approximate surface area is 142 Å². The van der Waals surface area contributed by atoms with Crippen LogP contribution in [0, 0.1) is 5.92 Å². The van der Waals surface area contributed by atoms with Gasteiger partial charge in [-0.05, 0) is 37.3 Å². The Morgan fingerprint density at radius 1 is 1.21 bits per heavy atom. The summed E-state index contributed by atoms with van der Waals surface area (Å²) in [6.45, 7) is 5.27. The Bertz CT molecular complexity index is 597. The molecule has 130 valence electrons. The van der Waals surface area contributed by atoms with Gasteiger partial charge in [0.15, 0.2) is 5.82 Å². The molecule has 1 aromatic rings. The van der Waals surface area contributed by atoms with Gasteiger partial charge < -0.3 is 19.9 Å². The molecule has 24 heavy (non-hydrogen) atoms. The minimum Gasteiger partial charge on any atom is -0.378 e. The number of nitrogens with zero attached hydrogens (tertiary/aromatic N) is 4. The fourth-order valence-electron chi connectivity index (χ4n) is 3.63. The van der Waals surface area contributed by atoms with Crippen molar-refractivity contribution in [3.05, 3.63) is 17.3 Å². The number of fused-ring (bicyclic) bond motifs is 1. The van der Waals surface area contributed by atoms with Gasteiger partial charge in [0.2, 0.25) is 0 Å². The largest absolute Gasteiger partial charge is 0.378 e. The first-order chi connectivity index (χ1) is 11.8. The number of aromatic nitrogens is 2. The van der Waals surface area contributed by atoms with Gasteiger partial charge in [-0.3, -0.25) is 0 Å². The molecule has 0 unspecified atom stereocenters. The van der Waals surface area contributed by atoms with E-state index in [0.29, 0.717) is 32.2 Å². The summed E-state index contributed by atoms with van der Waals surface area (Å²) in [5.74, 6) is 1.49. The van der Waals surface area contributed by atoms with Gasteiger partial charge in [-0.2, -0.15) is 5.10 Å². The summed E-state index contributed by atoms with van der Waals surface area (Å²) in [6.07, 6.45) is 4.69. The van der Waals surface area contributed by atoms with Crippen molar-refractivity contribution >= 4 is 11.8 Å². The lowest BCUT2D eigenvalue weighted by atomic mass is 9.95. The number of nitrogens with one attached hydrogen (secondary N) is 1. The molecule has 2 fully saturated rings. The van der Waals surface area contributed by atoms with E-state index < -0.39 is 0 Å². The van der Waals surface area contributed by atoms with Crippen LogP contribution in [0.4, 0.5) is 10.6 Å². The maximum absolute atomic E-state index is 12.1. The van der Waals surface area contributed by atoms with Crippen LogP contribution in [0.15, 0.2) is 6.07 Å². The van der Waals surface area contributed by atoms with Crippen molar-refractivity contribution in [2.75, 3.05) is 50.8 Å². The number of aryl methyl sites for hydroxylation is 2. The van der Waals surface area contributed by atoms with Crippen molar-refractivity contribution < 1.29 is 9.53 Å². The number of carbonyl (C=O) groups is 1. The smallest absolute Gasteiger partial charge is 0.317 e. The molecule has 7 nitrogen and oxygen atoms in total. The molecule has 0 atom stereocenters. The zero-order chi connectivity index (χ0) is 16.4. The first kappa shape index (κ1) is 15.6. The molecule has 3 aliphatic rings. The molecule has 0 aromatic carbocycles. The lowest BCUT2D eigenvalue weighted by molar-refractivity contribution is 0.0529. The zero-order valence-electron chi connectivity index (χ0n) is 14.0. The lowest BCUT2D eigenvalue weighted by Gasteiger charge is -2.40. The van der Waals surface area contributed by atoms with Crippen LogP contribution in [0.1, 0.15) is 24.1 Å². The summed E-state index contributed by atoms with van der Waals surface area (Å²) in [4.78, 5) is 16.2. The highest BCUT2D eigenvalue weighted by Gasteiger charge is 2.29. The number of anilines is 1. The van der Waals surface area contributed by atoms with Crippen molar-refractivity contribution in [2.24, 2.45) is 5.92 Å². The van der Waals surface area contributed by atoms with E-state index in [9.17, 15) is 4.79 Å². The number of morpholine rings is 1. The van der Waals surface area contributed by atoms with Crippen molar-refractivity contribution in [3.63, 3.8) is 0 Å². The molecular formula is C17H25N5O2. The van der Waals surface area contributed by atoms with Crippen molar-refractivity contribution in [2.45, 2.75) is 25.7 Å². The van der Waals surface area contributed by atoms with E-state index in [4.69, 9.17) is 4.74 Å². The van der Waals surface area contributed by atoms with Crippen LogP contribution in [0.5, 0.6) is 0 Å². The van der Waals surface area contributed by atoms with Gasteiger partial charge >= 0.3 is 6.03 Å². The molecule has 2 amide bonds. The maximum Gasteiger partial charge on any atom is 0.317 e. The van der Waals surface area contributed by atoms with Crippen LogP contribution >= 0.6 is 0 Å². The molecule has 1 aliphatic carbocycles. The standard InChI is InChI=1S/C17H25N5O2/c23-17(21-5-7-24-8-6-21)18-10-13-11-22(12-13)16-9-14-3-1-2-4-15(14)19-20-16/h9,13H,1-8,10-12H2,(H,18,23). The van der Waals surface area contributed by atoms with Gasteiger partial charge in [-0.1, -0.05) is 0 Å². The highest BCUT2D eigenvalue weighted by Crippen LogP contribution is 2.26. The van der Waals surface area contributed by atoms with Gasteiger partial charge in [0, 0.05) is 38.6 Å². The highest BCUT2D eigenvalue weighted by atomic mass is 16.5. The maximum atomic E-state index is 12.1. The van der Waals surface area contributed by atoms with Crippen LogP contribution in [-0.2, 0) is 17.6 Å². The Balaban J connectivity index is 1.24. The predicted molar refractivity (Wildman–Crippen MR) is 90.2 cm³/mol. The van der Waals surface area contributed by atoms with Crippen LogP contribution in [0.2, 0.25) is 0 Å². The number of carbonyl (C=O) groups excluding carboxylic acids is 1. The molecule has 1 aromatic heterocycles. The molecule has 3 heterocycles. The molecule has 0 radical (unpaired) electrons. The van der Waals surface area contributed by atoms with Crippen molar-refractivity contribution in [3.8, 4) is 0 Å². The molecule has 1 N–H and O–H groups in total. The fraction of sp³-hybridized carbons (Fsp3) is 0.706. The molecule has 0 spiro atoms. The molecular weight excluding hydrogens is 306 g/mol. The van der Waals surface area contributed by atoms with Crippen LogP contribution < -0.4 is 10.2 Å². The Morgan fingerprint density at radius 2 is 2.00 bits per heavy atom. The lowest BCUT2D eigenvalue weighted by Crippen LogP contribution is -2.54. The van der Waals surface area contributed by atoms with E-state index in [0.717, 1.165) is 38.3 Å². The number of ether oxygens (including phenoxy) is 1. The number of hydrogen-bond donors (Lipinski definition) is 1. The predicted octanol–water partition coefficient (Wildman–Crippen LogP) is 0.833. The Hall–Kier alpha value is -1.89. The van der Waals surface area contributed by atoms with Gasteiger partial charge in [0.25, 0.3) is 0 Å². The summed E-state index contributed by atoms with van der Waals surface area (Å²) >= 11 is 0. The van der Waals surface area contributed by atoms with E-state index >= 15 is 0 Å². The number of urea groups is 1. The third-order valence-electron chi connectivity index (χ3n) is 5.18. The van der Waals surface area contributed by atoms with Crippen molar-refractivity contribution in [1.29, 1.82) is 0 Å². The normalized spacial score (nSPS) is 21.2. The second-order valence-corrected chi connectivity index (χ2v) is 6.94. The van der Waals surface area contributed by atoms with E-state index in [-0.39, 0.29) is 6.03 Å². The first-order valence-electron chi connectivity index (χ1n) is 9.00. The minimum absolute atomic E-state index is 0.0327. The van der Waals surface area contributed by atoms with Crippen LogP contribution in [0.25, 0.3) is 0 Å². The first-order valence-corrected chi connectivity index (χ1v) is 9.00. The van der Waals surface area contributed by atoms with E-state index in [2.05, 4.69) is 26.5 Å². The van der Waals surface area contributed by atoms with E-state index in [1.807, 2.05) is 4.90 Å². The Kier molecular flexibility index (Phi) is 4.51. The average Bonchev–Trinajstić information content (AvgIpc) is 2.61. The molecule has 0 bridgehead atoms. The van der Waals surface area contributed by atoms with Crippen LogP contribution in [-0.4, -0.2) is 67.1 Å². The summed E-state index contributed by atoms with van der Waals surface area (Å²) < 4.78 is 5.27. The van der Waals surface area contributed by atoms with Gasteiger partial charge in [0.1, 0.15) is 0 Å². The summed E-state index contributed by atoms with van der Waals surface area (Å²) in [5, 5.41) is 11.8. The topological polar surface area (TPSA) is 70.6 Å². The molecule has 4 rings (SSSR count). The second kappa shape index (κ2) is 6.93. The zero-order valence-corrected chi connectivity index (χ0v) is 14.0. The summed E-state index contributed by atoms with van der Waals surface area (Å²) in [6, 6.07) is 2.25. The summed E-state index contributed by atoms with van der Waals surface area (Å²) in [7, 11) is 0. The number of rotatable bonds is 3. The van der Waals surface area contributed by atoms with E-state index in [1.165, 1.54) is 24.1 Å². The quantitative estimate of drug-likeness (QED) is 0.888. The van der Waals surface area contributed by atoms with Gasteiger partial charge in [0.05, 0.1) is 18.9 Å². The minimum atomic E-state index is 0.0327. The second-order valence-electron chi connectivity index (χ2n) is 6.94. The third kappa shape index (κ3) is 3.31.